The fraction of sp³-hybridized carbons (Fsp3) is 0.250. The molecule has 0 fully saturated rings. The lowest BCUT2D eigenvalue weighted by molar-refractivity contribution is -0.401. The molecule has 23 heavy (non-hydrogen) atoms. The van der Waals surface area contributed by atoms with Crippen LogP contribution < -0.4 is 17.7 Å². The number of para-hydroxylation sites is 1. The Morgan fingerprint density at radius 1 is 1.00 bits per heavy atom. The molecule has 0 saturated carbocycles. The van der Waals surface area contributed by atoms with Gasteiger partial charge in [-0.15, -0.1) is 0 Å². The van der Waals surface area contributed by atoms with Gasteiger partial charge >= 0.3 is 0 Å². The molecule has 1 aliphatic heterocycles. The van der Waals surface area contributed by atoms with Crippen molar-refractivity contribution < 1.29 is 17.0 Å². The zero-order valence-corrected chi connectivity index (χ0v) is 14.9. The van der Waals surface area contributed by atoms with Crippen LogP contribution in [0.25, 0.3) is 0 Å². The lowest BCUT2D eigenvalue weighted by Crippen LogP contribution is -3.00. The van der Waals surface area contributed by atoms with E-state index in [1.807, 2.05) is 6.20 Å². The minimum atomic E-state index is 0. The molecule has 1 heterocycles. The van der Waals surface area contributed by atoms with Crippen LogP contribution in [0.2, 0.25) is 0 Å². The van der Waals surface area contributed by atoms with Crippen molar-refractivity contribution in [3.63, 3.8) is 0 Å². The SMILES string of the molecule is Cc1ccc(NC=CC2=[N+](C)c3ccccc3C2(C)C)cc1.[Cl-]. The normalized spacial score (nSPS) is 15.5. The van der Waals surface area contributed by atoms with Crippen molar-refractivity contribution in [1.82, 2.24) is 0 Å². The molecule has 3 heteroatoms. The summed E-state index contributed by atoms with van der Waals surface area (Å²) in [5, 5.41) is 3.36. The van der Waals surface area contributed by atoms with Gasteiger partial charge in [0, 0.05) is 29.6 Å². The van der Waals surface area contributed by atoms with E-state index < -0.39 is 0 Å². The first-order valence-corrected chi connectivity index (χ1v) is 7.70. The van der Waals surface area contributed by atoms with Gasteiger partial charge in [-0.3, -0.25) is 0 Å². The molecule has 1 N–H and O–H groups in total. The third-order valence-electron chi connectivity index (χ3n) is 4.48. The van der Waals surface area contributed by atoms with E-state index in [4.69, 9.17) is 0 Å². The average molecular weight is 327 g/mol. The predicted molar refractivity (Wildman–Crippen MR) is 94.3 cm³/mol. The maximum absolute atomic E-state index is 3.36. The van der Waals surface area contributed by atoms with E-state index in [2.05, 4.69) is 92.3 Å². The van der Waals surface area contributed by atoms with Crippen LogP contribution in [-0.4, -0.2) is 17.3 Å². The number of allylic oxidation sites excluding steroid dienone is 1. The fourth-order valence-electron chi connectivity index (χ4n) is 3.17. The van der Waals surface area contributed by atoms with Crippen LogP contribution in [0, 0.1) is 6.92 Å². The lowest BCUT2D eigenvalue weighted by atomic mass is 9.81. The van der Waals surface area contributed by atoms with Crippen LogP contribution in [0.3, 0.4) is 0 Å². The van der Waals surface area contributed by atoms with Crippen molar-refractivity contribution in [2.45, 2.75) is 26.2 Å². The zero-order chi connectivity index (χ0) is 15.7. The zero-order valence-electron chi connectivity index (χ0n) is 14.1. The molecule has 2 nitrogen and oxygen atoms in total. The first-order chi connectivity index (χ1) is 10.5. The minimum absolute atomic E-state index is 0. The van der Waals surface area contributed by atoms with Gasteiger partial charge in [-0.1, -0.05) is 35.9 Å². The van der Waals surface area contributed by atoms with Crippen molar-refractivity contribution in [1.29, 1.82) is 0 Å². The summed E-state index contributed by atoms with van der Waals surface area (Å²) in [4.78, 5) is 0. The summed E-state index contributed by atoms with van der Waals surface area (Å²) < 4.78 is 2.28. The Morgan fingerprint density at radius 2 is 1.65 bits per heavy atom. The fourth-order valence-corrected chi connectivity index (χ4v) is 3.17. The molecule has 0 spiro atoms. The van der Waals surface area contributed by atoms with Gasteiger partial charge in [0.05, 0.1) is 5.41 Å². The summed E-state index contributed by atoms with van der Waals surface area (Å²) in [6.45, 7) is 6.66. The highest BCUT2D eigenvalue weighted by Crippen LogP contribution is 2.38. The van der Waals surface area contributed by atoms with Gasteiger partial charge in [0.1, 0.15) is 7.05 Å². The highest BCUT2D eigenvalue weighted by molar-refractivity contribution is 6.03. The predicted octanol–water partition coefficient (Wildman–Crippen LogP) is 1.63. The quantitative estimate of drug-likeness (QED) is 0.847. The Balaban J connectivity index is 0.00000192. The Hall–Kier alpha value is -2.06. The largest absolute Gasteiger partial charge is 1.00 e. The highest BCUT2D eigenvalue weighted by atomic mass is 35.5. The smallest absolute Gasteiger partial charge is 0.209 e. The minimum Gasteiger partial charge on any atom is -1.00 e. The molecule has 0 bridgehead atoms. The van der Waals surface area contributed by atoms with Gasteiger partial charge < -0.3 is 17.7 Å². The average Bonchev–Trinajstić information content (AvgIpc) is 2.70. The molecule has 1 aliphatic rings. The number of hydrogen-bond donors (Lipinski definition) is 1. The molecule has 2 aromatic rings. The standard InChI is InChI=1S/C20H22N2.ClH/c1-15-9-11-16(12-10-15)21-14-13-19-20(2,3)17-7-5-6-8-18(17)22(19)4;/h5-14H,1-4H3;1H. The van der Waals surface area contributed by atoms with Crippen molar-refractivity contribution in [3.8, 4) is 0 Å². The number of nitrogens with one attached hydrogen (secondary N) is 1. The number of aryl methyl sites for hydroxylation is 1. The van der Waals surface area contributed by atoms with Gasteiger partial charge in [-0.05, 0) is 32.9 Å². The van der Waals surface area contributed by atoms with Crippen molar-refractivity contribution in [2.24, 2.45) is 0 Å². The van der Waals surface area contributed by atoms with Crippen molar-refractivity contribution in [3.05, 3.63) is 71.9 Å². The molecule has 0 saturated heterocycles. The monoisotopic (exact) mass is 326 g/mol. The van der Waals surface area contributed by atoms with E-state index in [1.54, 1.807) is 0 Å². The van der Waals surface area contributed by atoms with E-state index in [-0.39, 0.29) is 17.8 Å². The van der Waals surface area contributed by atoms with Gasteiger partial charge in [0.25, 0.3) is 0 Å². The topological polar surface area (TPSA) is 15.0 Å². The number of hydrogen-bond acceptors (Lipinski definition) is 1. The van der Waals surface area contributed by atoms with Crippen LogP contribution in [0.1, 0.15) is 25.0 Å². The van der Waals surface area contributed by atoms with Crippen LogP contribution >= 0.6 is 0 Å². The number of fused-ring (bicyclic) bond motifs is 1. The summed E-state index contributed by atoms with van der Waals surface area (Å²) in [6, 6.07) is 17.1. The molecule has 120 valence electrons. The van der Waals surface area contributed by atoms with E-state index in [0.29, 0.717) is 0 Å². The third kappa shape index (κ3) is 3.18. The Labute approximate surface area is 145 Å². The Morgan fingerprint density at radius 3 is 2.30 bits per heavy atom. The van der Waals surface area contributed by atoms with Gasteiger partial charge in [0.15, 0.2) is 5.71 Å². The molecular formula is C20H23ClN2. The Kier molecular flexibility index (Phi) is 4.96. The van der Waals surface area contributed by atoms with Crippen LogP contribution in [-0.2, 0) is 5.41 Å². The van der Waals surface area contributed by atoms with Crippen LogP contribution in [0.15, 0.2) is 60.8 Å². The summed E-state index contributed by atoms with van der Waals surface area (Å²) in [7, 11) is 2.14. The molecule has 0 radical (unpaired) electrons. The number of rotatable bonds is 3. The summed E-state index contributed by atoms with van der Waals surface area (Å²) in [5.41, 5.74) is 6.38. The number of anilines is 1. The van der Waals surface area contributed by atoms with Crippen LogP contribution in [0.5, 0.6) is 0 Å². The lowest BCUT2D eigenvalue weighted by Gasteiger charge is -2.15. The maximum Gasteiger partial charge on any atom is 0.209 e. The molecule has 0 aliphatic carbocycles. The first kappa shape index (κ1) is 17.3. The molecule has 0 amide bonds. The van der Waals surface area contributed by atoms with Crippen molar-refractivity contribution in [2.75, 3.05) is 12.4 Å². The van der Waals surface area contributed by atoms with Gasteiger partial charge in [-0.2, -0.15) is 4.58 Å². The number of nitrogens with zero attached hydrogens (tertiary/aromatic N) is 1. The number of benzene rings is 2. The van der Waals surface area contributed by atoms with Gasteiger partial charge in [0.2, 0.25) is 5.69 Å². The summed E-state index contributed by atoms with van der Waals surface area (Å²) >= 11 is 0. The number of halogens is 1. The maximum atomic E-state index is 3.36. The molecule has 2 aromatic carbocycles. The third-order valence-corrected chi connectivity index (χ3v) is 4.48. The molecule has 0 aromatic heterocycles. The molecular weight excluding hydrogens is 304 g/mol. The van der Waals surface area contributed by atoms with Gasteiger partial charge in [-0.25, -0.2) is 0 Å². The summed E-state index contributed by atoms with van der Waals surface area (Å²) in [6.07, 6.45) is 4.21. The van der Waals surface area contributed by atoms with E-state index in [1.165, 1.54) is 22.5 Å². The highest BCUT2D eigenvalue weighted by Gasteiger charge is 2.42. The van der Waals surface area contributed by atoms with Crippen LogP contribution in [0.4, 0.5) is 11.4 Å². The van der Waals surface area contributed by atoms with Crippen molar-refractivity contribution >= 4 is 17.1 Å². The molecule has 3 rings (SSSR count). The van der Waals surface area contributed by atoms with E-state index in [9.17, 15) is 0 Å². The van der Waals surface area contributed by atoms with E-state index in [0.717, 1.165) is 5.69 Å². The van der Waals surface area contributed by atoms with E-state index >= 15 is 0 Å². The second-order valence-electron chi connectivity index (χ2n) is 6.43. The Bertz CT molecular complexity index is 755. The second kappa shape index (κ2) is 6.59. The second-order valence-corrected chi connectivity index (χ2v) is 6.43. The summed E-state index contributed by atoms with van der Waals surface area (Å²) in [5.74, 6) is 0. The molecule has 0 unspecified atom stereocenters. The molecule has 0 atom stereocenters. The first-order valence-electron chi connectivity index (χ1n) is 7.70.